The third-order valence-corrected chi connectivity index (χ3v) is 17.8. The molecule has 3 heterocycles. The number of nitrogens with zero attached hydrogens (tertiary/aromatic N) is 1. The Hall–Kier alpha value is -0.730. The van der Waals surface area contributed by atoms with Gasteiger partial charge in [0.2, 0.25) is 5.91 Å². The lowest BCUT2D eigenvalue weighted by molar-refractivity contribution is -0.339. The summed E-state index contributed by atoms with van der Waals surface area (Å²) in [5, 5.41) is 57.9. The molecule has 17 atom stereocenters. The Balaban J connectivity index is 1.44. The molecule has 0 aromatic carbocycles. The Labute approximate surface area is 391 Å². The second-order valence-electron chi connectivity index (χ2n) is 20.0. The first-order valence-electron chi connectivity index (χ1n) is 24.9. The predicted octanol–water partition coefficient (Wildman–Crippen LogP) is 5.78. The fraction of sp³-hybridized carbons (Fsp3) is 0.958. The molecule has 3 saturated heterocycles. The SMILES string of the molecule is CCCCCC(C)C1CCC(C[C@H](OC2C(NC(C)=O)[C@H](O[C@@H]3CC(C(I)(CC)CCCC)CC(CC)C3O[C@@H]3OC(C)[C@@H](O)C(O)C3O)OC(CO)[C@@H]2O)C(=O)N2CCC2)CC1. The van der Waals surface area contributed by atoms with Gasteiger partial charge >= 0.3 is 0 Å². The summed E-state index contributed by atoms with van der Waals surface area (Å²) in [7, 11) is 0. The number of amides is 2. The van der Waals surface area contributed by atoms with Crippen LogP contribution in [0.15, 0.2) is 0 Å². The van der Waals surface area contributed by atoms with Crippen LogP contribution >= 0.6 is 22.6 Å². The number of ether oxygens (including phenoxy) is 5. The van der Waals surface area contributed by atoms with E-state index >= 15 is 0 Å². The molecule has 366 valence electrons. The van der Waals surface area contributed by atoms with Crippen molar-refractivity contribution in [2.24, 2.45) is 29.6 Å². The van der Waals surface area contributed by atoms with Crippen molar-refractivity contribution in [2.45, 2.75) is 241 Å². The highest BCUT2D eigenvalue weighted by Gasteiger charge is 2.54. The molecule has 15 heteroatoms. The maximum absolute atomic E-state index is 14.2. The van der Waals surface area contributed by atoms with Crippen molar-refractivity contribution < 1.29 is 58.8 Å². The third kappa shape index (κ3) is 13.5. The maximum atomic E-state index is 14.2. The van der Waals surface area contributed by atoms with Gasteiger partial charge in [-0.05, 0) is 87.9 Å². The van der Waals surface area contributed by atoms with Gasteiger partial charge in [-0.15, -0.1) is 0 Å². The van der Waals surface area contributed by atoms with Crippen molar-refractivity contribution in [3.05, 3.63) is 0 Å². The van der Waals surface area contributed by atoms with Gasteiger partial charge in [-0.1, -0.05) is 115 Å². The topological polar surface area (TPSA) is 197 Å². The molecule has 2 aliphatic carbocycles. The molecule has 5 aliphatic rings. The van der Waals surface area contributed by atoms with Crippen molar-refractivity contribution in [2.75, 3.05) is 19.7 Å². The molecule has 0 bridgehead atoms. The minimum atomic E-state index is -1.52. The third-order valence-electron chi connectivity index (χ3n) is 15.6. The standard InChI is InChI=1S/C48H85IN2O12/c1-8-12-14-16-28(5)33-19-17-31(18-20-33)24-36(45(58)51-22-15-23-51)60-44-38(50-30(7)53)46(62-37(27-52)40(44)55)61-35-26-34(48(49,11-4)21-13-9-2)25-32(10-3)43(35)63-47-42(57)41(56)39(54)29(6)59-47/h28-29,31-44,46-47,52,54-57H,8-27H2,1-7H3,(H,50,53)/t28?,29?,31?,32?,33?,34?,35-,36+,37?,38?,39-,40+,41?,42?,43?,44?,46-,47+,48?/m1/s1. The number of carbonyl (C=O) groups is 2. The molecule has 14 nitrogen and oxygen atoms in total. The largest absolute Gasteiger partial charge is 0.394 e. The van der Waals surface area contributed by atoms with Gasteiger partial charge in [-0.25, -0.2) is 0 Å². The van der Waals surface area contributed by atoms with Crippen molar-refractivity contribution in [3.8, 4) is 0 Å². The number of hydrogen-bond donors (Lipinski definition) is 6. The van der Waals surface area contributed by atoms with E-state index < -0.39 is 92.2 Å². The van der Waals surface area contributed by atoms with Gasteiger partial charge < -0.3 is 59.4 Å². The number of unbranched alkanes of at least 4 members (excludes halogenated alkanes) is 3. The quantitative estimate of drug-likeness (QED) is 0.0436. The molecule has 3 aliphatic heterocycles. The van der Waals surface area contributed by atoms with Crippen LogP contribution < -0.4 is 5.32 Å². The Bertz CT molecular complexity index is 1390. The summed E-state index contributed by atoms with van der Waals surface area (Å²) < 4.78 is 32.9. The van der Waals surface area contributed by atoms with Crippen molar-refractivity contribution in [1.29, 1.82) is 0 Å². The van der Waals surface area contributed by atoms with Gasteiger partial charge in [-0.2, -0.15) is 0 Å². The zero-order valence-corrected chi connectivity index (χ0v) is 41.6. The summed E-state index contributed by atoms with van der Waals surface area (Å²) in [5.74, 6) is 1.18. The number of likely N-dealkylation sites (tertiary alicyclic amines) is 1. The minimum absolute atomic E-state index is 0.0555. The number of nitrogens with one attached hydrogen (secondary N) is 1. The number of halogens is 1. The van der Waals surface area contributed by atoms with Crippen LogP contribution in [0.3, 0.4) is 0 Å². The Kier molecular flexibility index (Phi) is 21.2. The fourth-order valence-corrected chi connectivity index (χ4v) is 12.1. The zero-order valence-electron chi connectivity index (χ0n) is 39.5. The second kappa shape index (κ2) is 25.0. The molecule has 0 radical (unpaired) electrons. The highest BCUT2D eigenvalue weighted by molar-refractivity contribution is 14.1. The van der Waals surface area contributed by atoms with Crippen molar-refractivity contribution in [1.82, 2.24) is 10.2 Å². The number of alkyl halides is 1. The van der Waals surface area contributed by atoms with E-state index in [2.05, 4.69) is 62.5 Å². The molecule has 2 saturated carbocycles. The smallest absolute Gasteiger partial charge is 0.251 e. The number of aliphatic hydroxyl groups is 5. The van der Waals surface area contributed by atoms with Gasteiger partial charge in [0.05, 0.1) is 24.9 Å². The van der Waals surface area contributed by atoms with Crippen LogP contribution in [-0.4, -0.2) is 145 Å². The minimum Gasteiger partial charge on any atom is -0.394 e. The molecule has 0 aromatic rings. The molecule has 6 N–H and O–H groups in total. The second-order valence-corrected chi connectivity index (χ2v) is 22.1. The summed E-state index contributed by atoms with van der Waals surface area (Å²) in [6, 6.07) is -1.07. The molecule has 5 rings (SSSR count). The van der Waals surface area contributed by atoms with Crippen LogP contribution in [0.5, 0.6) is 0 Å². The van der Waals surface area contributed by atoms with Crippen molar-refractivity contribution in [3.63, 3.8) is 0 Å². The van der Waals surface area contributed by atoms with E-state index in [9.17, 15) is 35.1 Å². The lowest BCUT2D eigenvalue weighted by atomic mass is 9.69. The van der Waals surface area contributed by atoms with E-state index in [1.165, 1.54) is 32.6 Å². The van der Waals surface area contributed by atoms with Gasteiger partial charge in [-0.3, -0.25) is 9.59 Å². The molecule has 5 fully saturated rings. The lowest BCUT2D eigenvalue weighted by Gasteiger charge is -2.51. The highest BCUT2D eigenvalue weighted by atomic mass is 127. The van der Waals surface area contributed by atoms with Gasteiger partial charge in [0, 0.05) is 23.4 Å². The van der Waals surface area contributed by atoms with E-state index in [0.717, 1.165) is 64.2 Å². The molecule has 0 spiro atoms. The van der Waals surface area contributed by atoms with E-state index in [0.29, 0.717) is 44.2 Å². The fourth-order valence-electron chi connectivity index (χ4n) is 11.2. The van der Waals surface area contributed by atoms with Crippen LogP contribution in [-0.2, 0) is 33.3 Å². The molecule has 2 amide bonds. The number of aliphatic hydroxyl groups excluding tert-OH is 5. The summed E-state index contributed by atoms with van der Waals surface area (Å²) in [5.41, 5.74) is 0. The van der Waals surface area contributed by atoms with Crippen LogP contribution in [0.2, 0.25) is 0 Å². The summed E-state index contributed by atoms with van der Waals surface area (Å²) >= 11 is 2.63. The average molecular weight is 1010 g/mol. The summed E-state index contributed by atoms with van der Waals surface area (Å²) in [6.07, 6.45) is 3.18. The van der Waals surface area contributed by atoms with Crippen LogP contribution in [0, 0.1) is 29.6 Å². The van der Waals surface area contributed by atoms with E-state index in [4.69, 9.17) is 23.7 Å². The normalized spacial score (nSPS) is 39.5. The number of rotatable bonds is 22. The molecule has 0 aromatic heterocycles. The van der Waals surface area contributed by atoms with Crippen LogP contribution in [0.4, 0.5) is 0 Å². The van der Waals surface area contributed by atoms with Crippen molar-refractivity contribution >= 4 is 34.4 Å². The van der Waals surface area contributed by atoms with Gasteiger partial charge in [0.25, 0.3) is 5.91 Å². The lowest BCUT2D eigenvalue weighted by Crippen LogP contribution is -2.67. The first-order chi connectivity index (χ1) is 30.1. The molecular weight excluding hydrogens is 923 g/mol. The van der Waals surface area contributed by atoms with Crippen LogP contribution in [0.25, 0.3) is 0 Å². The van der Waals surface area contributed by atoms with Gasteiger partial charge in [0.15, 0.2) is 12.6 Å². The first-order valence-corrected chi connectivity index (χ1v) is 26.0. The average Bonchev–Trinajstić information content (AvgIpc) is 3.25. The van der Waals surface area contributed by atoms with E-state index in [1.807, 2.05) is 0 Å². The van der Waals surface area contributed by atoms with Crippen LogP contribution in [0.1, 0.15) is 158 Å². The van der Waals surface area contributed by atoms with Gasteiger partial charge in [0.1, 0.15) is 48.8 Å². The Morgan fingerprint density at radius 2 is 1.57 bits per heavy atom. The van der Waals surface area contributed by atoms with E-state index in [1.54, 1.807) is 11.8 Å². The Morgan fingerprint density at radius 1 is 0.873 bits per heavy atom. The molecule has 63 heavy (non-hydrogen) atoms. The monoisotopic (exact) mass is 1010 g/mol. The van der Waals surface area contributed by atoms with E-state index in [-0.39, 0.29) is 27.1 Å². The Morgan fingerprint density at radius 3 is 2.16 bits per heavy atom. The molecule has 11 unspecified atom stereocenters. The zero-order chi connectivity index (χ0) is 46.0. The summed E-state index contributed by atoms with van der Waals surface area (Å²) in [4.78, 5) is 29.1. The number of hydrogen-bond acceptors (Lipinski definition) is 12. The summed E-state index contributed by atoms with van der Waals surface area (Å²) in [6.45, 7) is 14.8. The highest BCUT2D eigenvalue weighted by Crippen LogP contribution is 2.49. The molecular formula is C48H85IN2O12. The maximum Gasteiger partial charge on any atom is 0.251 e. The predicted molar refractivity (Wildman–Crippen MR) is 248 cm³/mol. The number of carbonyl (C=O) groups excluding carboxylic acids is 2. The first kappa shape index (κ1) is 53.2.